The van der Waals surface area contributed by atoms with Crippen molar-refractivity contribution >= 4 is 11.8 Å². The SMILES string of the molecule is CC1CC1C(=O)NCCC(=O)NCCc1cnc[nH]1. The van der Waals surface area contributed by atoms with E-state index in [9.17, 15) is 9.59 Å². The Hall–Kier alpha value is -1.85. The monoisotopic (exact) mass is 264 g/mol. The fourth-order valence-electron chi connectivity index (χ4n) is 1.96. The molecule has 6 nitrogen and oxygen atoms in total. The summed E-state index contributed by atoms with van der Waals surface area (Å²) in [5.74, 6) is 0.716. The fourth-order valence-corrected chi connectivity index (χ4v) is 1.96. The van der Waals surface area contributed by atoms with Crippen molar-refractivity contribution in [3.05, 3.63) is 18.2 Å². The third-order valence-electron chi connectivity index (χ3n) is 3.37. The molecule has 3 N–H and O–H groups in total. The predicted molar refractivity (Wildman–Crippen MR) is 70.2 cm³/mol. The third-order valence-corrected chi connectivity index (χ3v) is 3.37. The van der Waals surface area contributed by atoms with E-state index in [0.717, 1.165) is 18.5 Å². The van der Waals surface area contributed by atoms with E-state index in [1.54, 1.807) is 12.5 Å². The zero-order chi connectivity index (χ0) is 13.7. The molecule has 1 saturated carbocycles. The maximum atomic E-state index is 11.5. The number of aromatic amines is 1. The fraction of sp³-hybridized carbons (Fsp3) is 0.615. The van der Waals surface area contributed by atoms with Gasteiger partial charge in [-0.2, -0.15) is 0 Å². The highest BCUT2D eigenvalue weighted by molar-refractivity contribution is 5.82. The summed E-state index contributed by atoms with van der Waals surface area (Å²) in [4.78, 5) is 29.9. The normalized spacial score (nSPS) is 20.9. The van der Waals surface area contributed by atoms with Crippen LogP contribution >= 0.6 is 0 Å². The molecule has 0 bridgehead atoms. The summed E-state index contributed by atoms with van der Waals surface area (Å²) in [7, 11) is 0. The van der Waals surface area contributed by atoms with Crippen molar-refractivity contribution in [2.75, 3.05) is 13.1 Å². The zero-order valence-corrected chi connectivity index (χ0v) is 11.1. The lowest BCUT2D eigenvalue weighted by Gasteiger charge is -2.06. The minimum atomic E-state index is -0.0383. The number of hydrogen-bond donors (Lipinski definition) is 3. The molecule has 2 amide bonds. The maximum absolute atomic E-state index is 11.5. The lowest BCUT2D eigenvalue weighted by atomic mass is 10.3. The number of nitrogens with zero attached hydrogens (tertiary/aromatic N) is 1. The van der Waals surface area contributed by atoms with Crippen LogP contribution in [0.5, 0.6) is 0 Å². The van der Waals surface area contributed by atoms with Gasteiger partial charge in [0.1, 0.15) is 0 Å². The van der Waals surface area contributed by atoms with Gasteiger partial charge in [0.15, 0.2) is 0 Å². The number of H-pyrrole nitrogens is 1. The van der Waals surface area contributed by atoms with Crippen LogP contribution in [0.2, 0.25) is 0 Å². The van der Waals surface area contributed by atoms with Crippen LogP contribution in [0, 0.1) is 11.8 Å². The summed E-state index contributed by atoms with van der Waals surface area (Å²) in [5.41, 5.74) is 0.997. The molecule has 1 aliphatic rings. The molecule has 0 aromatic carbocycles. The smallest absolute Gasteiger partial charge is 0.223 e. The molecule has 2 rings (SSSR count). The van der Waals surface area contributed by atoms with Gasteiger partial charge >= 0.3 is 0 Å². The van der Waals surface area contributed by atoms with Crippen LogP contribution in [-0.4, -0.2) is 34.9 Å². The number of rotatable bonds is 7. The van der Waals surface area contributed by atoms with E-state index >= 15 is 0 Å². The first-order valence-corrected chi connectivity index (χ1v) is 6.68. The summed E-state index contributed by atoms with van der Waals surface area (Å²) in [6.07, 6.45) is 5.39. The number of amides is 2. The lowest BCUT2D eigenvalue weighted by molar-refractivity contribution is -0.123. The molecule has 2 atom stereocenters. The van der Waals surface area contributed by atoms with E-state index < -0.39 is 0 Å². The van der Waals surface area contributed by atoms with E-state index in [1.165, 1.54) is 0 Å². The number of carbonyl (C=O) groups is 2. The van der Waals surface area contributed by atoms with Crippen molar-refractivity contribution < 1.29 is 9.59 Å². The molecule has 1 aromatic heterocycles. The molecule has 0 radical (unpaired) electrons. The number of imidazole rings is 1. The highest BCUT2D eigenvalue weighted by Gasteiger charge is 2.38. The van der Waals surface area contributed by atoms with Crippen molar-refractivity contribution in [1.29, 1.82) is 0 Å². The van der Waals surface area contributed by atoms with Crippen molar-refractivity contribution in [2.45, 2.75) is 26.2 Å². The minimum Gasteiger partial charge on any atom is -0.356 e. The Kier molecular flexibility index (Phi) is 4.54. The highest BCUT2D eigenvalue weighted by Crippen LogP contribution is 2.37. The first kappa shape index (κ1) is 13.6. The van der Waals surface area contributed by atoms with Gasteiger partial charge in [0.25, 0.3) is 0 Å². The van der Waals surface area contributed by atoms with Crippen LogP contribution in [0.15, 0.2) is 12.5 Å². The lowest BCUT2D eigenvalue weighted by Crippen LogP contribution is -2.32. The van der Waals surface area contributed by atoms with Crippen LogP contribution < -0.4 is 10.6 Å². The second kappa shape index (κ2) is 6.36. The largest absolute Gasteiger partial charge is 0.356 e. The number of aromatic nitrogens is 2. The third kappa shape index (κ3) is 4.39. The average Bonchev–Trinajstić information content (AvgIpc) is 2.89. The second-order valence-electron chi connectivity index (χ2n) is 5.04. The standard InChI is InChI=1S/C13H20N4O2/c1-9-6-11(9)13(19)16-5-3-12(18)15-4-2-10-7-14-8-17-10/h7-9,11H,2-6H2,1H3,(H,14,17)(H,15,18)(H,16,19). The maximum Gasteiger partial charge on any atom is 0.223 e. The van der Waals surface area contributed by atoms with E-state index in [1.807, 2.05) is 0 Å². The Balaban J connectivity index is 1.51. The molecule has 1 aliphatic carbocycles. The Morgan fingerprint density at radius 2 is 2.21 bits per heavy atom. The summed E-state index contributed by atoms with van der Waals surface area (Å²) in [6.45, 7) is 3.05. The van der Waals surface area contributed by atoms with Crippen molar-refractivity contribution in [3.63, 3.8) is 0 Å². The van der Waals surface area contributed by atoms with Crippen molar-refractivity contribution in [3.8, 4) is 0 Å². The van der Waals surface area contributed by atoms with Gasteiger partial charge in [-0.15, -0.1) is 0 Å². The van der Waals surface area contributed by atoms with Gasteiger partial charge in [0.05, 0.1) is 6.33 Å². The first-order valence-electron chi connectivity index (χ1n) is 6.68. The average molecular weight is 264 g/mol. The van der Waals surface area contributed by atoms with Gasteiger partial charge in [-0.05, 0) is 12.3 Å². The van der Waals surface area contributed by atoms with E-state index in [-0.39, 0.29) is 17.7 Å². The van der Waals surface area contributed by atoms with E-state index in [2.05, 4.69) is 27.5 Å². The molecule has 19 heavy (non-hydrogen) atoms. The summed E-state index contributed by atoms with van der Waals surface area (Å²) < 4.78 is 0. The van der Waals surface area contributed by atoms with Crippen molar-refractivity contribution in [1.82, 2.24) is 20.6 Å². The van der Waals surface area contributed by atoms with Crippen LogP contribution in [0.25, 0.3) is 0 Å². The molecule has 6 heteroatoms. The molecule has 0 saturated heterocycles. The van der Waals surface area contributed by atoms with Crippen LogP contribution in [0.3, 0.4) is 0 Å². The molecule has 104 valence electrons. The molecule has 1 heterocycles. The molecular weight excluding hydrogens is 244 g/mol. The van der Waals surface area contributed by atoms with Gasteiger partial charge in [-0.25, -0.2) is 4.98 Å². The Morgan fingerprint density at radius 1 is 1.42 bits per heavy atom. The molecule has 1 fully saturated rings. The van der Waals surface area contributed by atoms with Gasteiger partial charge in [-0.3, -0.25) is 9.59 Å². The topological polar surface area (TPSA) is 86.9 Å². The molecular formula is C13H20N4O2. The summed E-state index contributed by atoms with van der Waals surface area (Å²) in [6, 6.07) is 0. The quantitative estimate of drug-likeness (QED) is 0.659. The first-order chi connectivity index (χ1) is 9.16. The van der Waals surface area contributed by atoms with E-state index in [0.29, 0.717) is 25.4 Å². The Bertz CT molecular complexity index is 430. The van der Waals surface area contributed by atoms with Gasteiger partial charge in [-0.1, -0.05) is 6.92 Å². The zero-order valence-electron chi connectivity index (χ0n) is 11.1. The van der Waals surface area contributed by atoms with Crippen molar-refractivity contribution in [2.24, 2.45) is 11.8 Å². The summed E-state index contributed by atoms with van der Waals surface area (Å²) in [5, 5.41) is 5.60. The molecule has 0 aliphatic heterocycles. The van der Waals surface area contributed by atoms with E-state index in [4.69, 9.17) is 0 Å². The number of nitrogens with one attached hydrogen (secondary N) is 3. The molecule has 0 spiro atoms. The molecule has 1 aromatic rings. The minimum absolute atomic E-state index is 0.0383. The van der Waals surface area contributed by atoms with Crippen LogP contribution in [0.4, 0.5) is 0 Å². The van der Waals surface area contributed by atoms with Crippen LogP contribution in [0.1, 0.15) is 25.5 Å². The number of carbonyl (C=O) groups excluding carboxylic acids is 2. The molecule has 2 unspecified atom stereocenters. The van der Waals surface area contributed by atoms with Crippen LogP contribution in [-0.2, 0) is 16.0 Å². The summed E-state index contributed by atoms with van der Waals surface area (Å²) >= 11 is 0. The van der Waals surface area contributed by atoms with Gasteiger partial charge in [0, 0.05) is 43.7 Å². The Morgan fingerprint density at radius 3 is 2.84 bits per heavy atom. The van der Waals surface area contributed by atoms with Gasteiger partial charge < -0.3 is 15.6 Å². The van der Waals surface area contributed by atoms with Gasteiger partial charge in [0.2, 0.25) is 11.8 Å². The Labute approximate surface area is 112 Å². The predicted octanol–water partition coefficient (Wildman–Crippen LogP) is 0.231. The second-order valence-corrected chi connectivity index (χ2v) is 5.04. The number of hydrogen-bond acceptors (Lipinski definition) is 3. The highest BCUT2D eigenvalue weighted by atomic mass is 16.2.